The molecule has 0 saturated carbocycles. The maximum absolute atomic E-state index is 12.0. The summed E-state index contributed by atoms with van der Waals surface area (Å²) in [5.74, 6) is -0.610. The van der Waals surface area contributed by atoms with E-state index < -0.39 is 5.97 Å². The summed E-state index contributed by atoms with van der Waals surface area (Å²) in [5, 5.41) is 9.11. The molecule has 2 aromatic heterocycles. The van der Waals surface area contributed by atoms with Gasteiger partial charge in [0.15, 0.2) is 5.69 Å². The van der Waals surface area contributed by atoms with E-state index in [0.717, 1.165) is 5.52 Å². The maximum Gasteiger partial charge on any atom is 0.357 e. The lowest BCUT2D eigenvalue weighted by molar-refractivity contribution is 0.0593. The molecule has 7 nitrogen and oxygen atoms in total. The SMILES string of the molecule is COC(=O)c1c(N)c(C#N)cn1-c1cccc2[nH]cnc12. The normalized spacial score (nSPS) is 10.5. The summed E-state index contributed by atoms with van der Waals surface area (Å²) in [7, 11) is 1.26. The molecule has 0 radical (unpaired) electrons. The number of methoxy groups -OCH3 is 1. The quantitative estimate of drug-likeness (QED) is 0.693. The number of rotatable bonds is 2. The largest absolute Gasteiger partial charge is 0.464 e. The Kier molecular flexibility index (Phi) is 2.84. The molecule has 7 heteroatoms. The standard InChI is InChI=1S/C14H11N5O2/c1-21-14(20)13-11(16)8(5-15)6-19(13)10-4-2-3-9-12(10)18-7-17-9/h2-4,6-7H,16H2,1H3,(H,17,18). The predicted molar refractivity (Wildman–Crippen MR) is 75.9 cm³/mol. The van der Waals surface area contributed by atoms with Gasteiger partial charge in [-0.3, -0.25) is 0 Å². The van der Waals surface area contributed by atoms with Crippen LogP contribution in [0.3, 0.4) is 0 Å². The number of nitriles is 1. The molecule has 3 aromatic rings. The smallest absolute Gasteiger partial charge is 0.357 e. The van der Waals surface area contributed by atoms with Gasteiger partial charge in [0.1, 0.15) is 11.6 Å². The minimum absolute atomic E-state index is 0.0943. The van der Waals surface area contributed by atoms with Crippen molar-refractivity contribution in [2.45, 2.75) is 0 Å². The first kappa shape index (κ1) is 12.7. The van der Waals surface area contributed by atoms with Gasteiger partial charge >= 0.3 is 5.97 Å². The van der Waals surface area contributed by atoms with Crippen LogP contribution in [-0.2, 0) is 4.74 Å². The van der Waals surface area contributed by atoms with Gasteiger partial charge in [-0.05, 0) is 12.1 Å². The minimum atomic E-state index is -0.610. The van der Waals surface area contributed by atoms with Gasteiger partial charge in [0.05, 0.1) is 35.9 Å². The van der Waals surface area contributed by atoms with E-state index in [1.807, 2.05) is 18.2 Å². The van der Waals surface area contributed by atoms with Gasteiger partial charge < -0.3 is 20.0 Å². The number of H-pyrrole nitrogens is 1. The summed E-state index contributed by atoms with van der Waals surface area (Å²) in [4.78, 5) is 19.2. The number of ether oxygens (including phenoxy) is 1. The summed E-state index contributed by atoms with van der Waals surface area (Å²) in [6.07, 6.45) is 3.06. The first-order chi connectivity index (χ1) is 10.2. The van der Waals surface area contributed by atoms with E-state index in [1.54, 1.807) is 12.4 Å². The van der Waals surface area contributed by atoms with Crippen LogP contribution in [0.5, 0.6) is 0 Å². The van der Waals surface area contributed by atoms with E-state index in [1.165, 1.54) is 17.9 Å². The van der Waals surface area contributed by atoms with Crippen molar-refractivity contribution in [2.75, 3.05) is 12.8 Å². The number of benzene rings is 1. The van der Waals surface area contributed by atoms with Crippen LogP contribution in [0, 0.1) is 11.3 Å². The topological polar surface area (TPSA) is 110 Å². The molecule has 21 heavy (non-hydrogen) atoms. The van der Waals surface area contributed by atoms with Crippen molar-refractivity contribution >= 4 is 22.7 Å². The van der Waals surface area contributed by atoms with Crippen molar-refractivity contribution < 1.29 is 9.53 Å². The van der Waals surface area contributed by atoms with Crippen molar-refractivity contribution in [2.24, 2.45) is 0 Å². The number of hydrogen-bond donors (Lipinski definition) is 2. The van der Waals surface area contributed by atoms with Gasteiger partial charge in [0.2, 0.25) is 0 Å². The van der Waals surface area contributed by atoms with Gasteiger partial charge in [-0.2, -0.15) is 5.26 Å². The van der Waals surface area contributed by atoms with E-state index in [0.29, 0.717) is 11.2 Å². The predicted octanol–water partition coefficient (Wildman–Crippen LogP) is 1.59. The molecule has 0 amide bonds. The molecule has 0 spiro atoms. The van der Waals surface area contributed by atoms with Crippen LogP contribution in [0.25, 0.3) is 16.7 Å². The van der Waals surface area contributed by atoms with Crippen molar-refractivity contribution in [3.8, 4) is 11.8 Å². The molecule has 1 aromatic carbocycles. The number of imidazole rings is 1. The number of nitrogens with two attached hydrogens (primary N) is 1. The first-order valence-corrected chi connectivity index (χ1v) is 6.09. The zero-order chi connectivity index (χ0) is 15.0. The molecule has 0 aliphatic rings. The van der Waals surface area contributed by atoms with Crippen LogP contribution in [0.2, 0.25) is 0 Å². The third kappa shape index (κ3) is 1.81. The Balaban J connectivity index is 2.35. The van der Waals surface area contributed by atoms with E-state index in [4.69, 9.17) is 15.7 Å². The molecule has 0 bridgehead atoms. The van der Waals surface area contributed by atoms with Crippen LogP contribution in [0.15, 0.2) is 30.7 Å². The number of aromatic amines is 1. The number of nitrogens with zero attached hydrogens (tertiary/aromatic N) is 3. The first-order valence-electron chi connectivity index (χ1n) is 6.09. The molecule has 2 heterocycles. The van der Waals surface area contributed by atoms with E-state index in [-0.39, 0.29) is 16.9 Å². The molecule has 0 fully saturated rings. The highest BCUT2D eigenvalue weighted by Gasteiger charge is 2.22. The third-order valence-corrected chi connectivity index (χ3v) is 3.23. The summed E-state index contributed by atoms with van der Waals surface area (Å²) in [6.45, 7) is 0. The fourth-order valence-corrected chi connectivity index (χ4v) is 2.25. The monoisotopic (exact) mass is 281 g/mol. The Bertz CT molecular complexity index is 885. The lowest BCUT2D eigenvalue weighted by Crippen LogP contribution is -2.11. The van der Waals surface area contributed by atoms with E-state index in [2.05, 4.69) is 9.97 Å². The number of para-hydroxylation sites is 1. The molecule has 0 unspecified atom stereocenters. The number of fused-ring (bicyclic) bond motifs is 1. The molecule has 3 rings (SSSR count). The molecular weight excluding hydrogens is 270 g/mol. The highest BCUT2D eigenvalue weighted by molar-refractivity contribution is 5.97. The molecule has 0 atom stereocenters. The lowest BCUT2D eigenvalue weighted by atomic mass is 10.2. The number of aromatic nitrogens is 3. The number of carbonyl (C=O) groups excluding carboxylic acids is 1. The highest BCUT2D eigenvalue weighted by atomic mass is 16.5. The summed E-state index contributed by atoms with van der Waals surface area (Å²) >= 11 is 0. The van der Waals surface area contributed by atoms with E-state index in [9.17, 15) is 4.79 Å². The summed E-state index contributed by atoms with van der Waals surface area (Å²) in [5.41, 5.74) is 8.42. The zero-order valence-corrected chi connectivity index (χ0v) is 11.1. The second-order valence-electron chi connectivity index (χ2n) is 4.35. The zero-order valence-electron chi connectivity index (χ0n) is 11.1. The van der Waals surface area contributed by atoms with Crippen LogP contribution < -0.4 is 5.73 Å². The molecular formula is C14H11N5O2. The Hall–Kier alpha value is -3.27. The molecule has 104 valence electrons. The molecule has 3 N–H and O–H groups in total. The van der Waals surface area contributed by atoms with Crippen LogP contribution in [-0.4, -0.2) is 27.6 Å². The van der Waals surface area contributed by atoms with Gasteiger partial charge in [0, 0.05) is 6.20 Å². The highest BCUT2D eigenvalue weighted by Crippen LogP contribution is 2.27. The fraction of sp³-hybridized carbons (Fsp3) is 0.0714. The number of nitrogens with one attached hydrogen (secondary N) is 1. The average molecular weight is 281 g/mol. The Labute approximate surface area is 119 Å². The second kappa shape index (κ2) is 4.68. The van der Waals surface area contributed by atoms with Gasteiger partial charge in [-0.25, -0.2) is 9.78 Å². The molecule has 0 aliphatic carbocycles. The van der Waals surface area contributed by atoms with Crippen LogP contribution in [0.1, 0.15) is 16.1 Å². The summed E-state index contributed by atoms with van der Waals surface area (Å²) in [6, 6.07) is 7.43. The number of nitrogen functional groups attached to an aromatic ring is 1. The van der Waals surface area contributed by atoms with Crippen LogP contribution in [0.4, 0.5) is 5.69 Å². The lowest BCUT2D eigenvalue weighted by Gasteiger charge is -2.08. The fourth-order valence-electron chi connectivity index (χ4n) is 2.25. The number of esters is 1. The molecule has 0 aliphatic heterocycles. The Morgan fingerprint density at radius 2 is 2.33 bits per heavy atom. The Morgan fingerprint density at radius 3 is 3.05 bits per heavy atom. The van der Waals surface area contributed by atoms with Crippen molar-refractivity contribution in [3.05, 3.63) is 42.0 Å². The second-order valence-corrected chi connectivity index (χ2v) is 4.35. The average Bonchev–Trinajstić information content (AvgIpc) is 3.10. The van der Waals surface area contributed by atoms with Gasteiger partial charge in [-0.15, -0.1) is 0 Å². The maximum atomic E-state index is 12.0. The van der Waals surface area contributed by atoms with Crippen molar-refractivity contribution in [3.63, 3.8) is 0 Å². The minimum Gasteiger partial charge on any atom is -0.464 e. The van der Waals surface area contributed by atoms with E-state index >= 15 is 0 Å². The Morgan fingerprint density at radius 1 is 1.52 bits per heavy atom. The van der Waals surface area contributed by atoms with Gasteiger partial charge in [0.25, 0.3) is 0 Å². The number of hydrogen-bond acceptors (Lipinski definition) is 5. The third-order valence-electron chi connectivity index (χ3n) is 3.23. The summed E-state index contributed by atoms with van der Waals surface area (Å²) < 4.78 is 6.28. The number of carbonyl (C=O) groups is 1. The van der Waals surface area contributed by atoms with Crippen LogP contribution >= 0.6 is 0 Å². The van der Waals surface area contributed by atoms with Crippen molar-refractivity contribution in [1.29, 1.82) is 5.26 Å². The number of anilines is 1. The van der Waals surface area contributed by atoms with Crippen molar-refractivity contribution in [1.82, 2.24) is 14.5 Å². The molecule has 0 saturated heterocycles. The van der Waals surface area contributed by atoms with Gasteiger partial charge in [-0.1, -0.05) is 6.07 Å².